The van der Waals surface area contributed by atoms with E-state index in [9.17, 15) is 4.79 Å². The second-order valence-electron chi connectivity index (χ2n) is 2.70. The van der Waals surface area contributed by atoms with Gasteiger partial charge in [-0.1, -0.05) is 0 Å². The number of ether oxygens (including phenoxy) is 1. The van der Waals surface area contributed by atoms with E-state index in [-0.39, 0.29) is 5.91 Å². The quantitative estimate of drug-likeness (QED) is 0.577. The van der Waals surface area contributed by atoms with Crippen LogP contribution in [0.25, 0.3) is 0 Å². The Balaban J connectivity index is 2.59. The van der Waals surface area contributed by atoms with Crippen LogP contribution in [-0.2, 0) is 4.79 Å². The van der Waals surface area contributed by atoms with E-state index in [1.54, 1.807) is 13.3 Å². The van der Waals surface area contributed by atoms with Crippen LogP contribution >= 0.6 is 0 Å². The lowest BCUT2D eigenvalue weighted by Crippen LogP contribution is -2.12. The molecule has 74 valence electrons. The monoisotopic (exact) mass is 192 g/mol. The zero-order valence-electron chi connectivity index (χ0n) is 8.15. The van der Waals surface area contributed by atoms with Crippen molar-refractivity contribution >= 4 is 12.1 Å². The van der Waals surface area contributed by atoms with Gasteiger partial charge in [-0.15, -0.1) is 0 Å². The van der Waals surface area contributed by atoms with E-state index in [0.29, 0.717) is 0 Å². The number of rotatable bonds is 3. The van der Waals surface area contributed by atoms with Gasteiger partial charge in [-0.2, -0.15) is 5.10 Å². The fourth-order valence-corrected chi connectivity index (χ4v) is 0.888. The van der Waals surface area contributed by atoms with Gasteiger partial charge in [0.15, 0.2) is 0 Å². The van der Waals surface area contributed by atoms with Crippen LogP contribution < -0.4 is 10.2 Å². The van der Waals surface area contributed by atoms with Gasteiger partial charge in [0.25, 0.3) is 0 Å². The number of hydrogen-bond donors (Lipinski definition) is 1. The second kappa shape index (κ2) is 5.01. The summed E-state index contributed by atoms with van der Waals surface area (Å²) in [7, 11) is 1.61. The molecule has 1 amide bonds. The highest BCUT2D eigenvalue weighted by molar-refractivity contribution is 5.81. The molecule has 0 saturated carbocycles. The first kappa shape index (κ1) is 10.2. The molecule has 4 heteroatoms. The Kier molecular flexibility index (Phi) is 3.67. The van der Waals surface area contributed by atoms with Crippen molar-refractivity contribution in [2.45, 2.75) is 6.92 Å². The molecular formula is C10H12N2O2. The molecule has 0 aliphatic carbocycles. The van der Waals surface area contributed by atoms with E-state index >= 15 is 0 Å². The highest BCUT2D eigenvalue weighted by Crippen LogP contribution is 2.09. The zero-order valence-corrected chi connectivity index (χ0v) is 8.15. The van der Waals surface area contributed by atoms with Gasteiger partial charge in [-0.05, 0) is 29.8 Å². The number of amides is 1. The van der Waals surface area contributed by atoms with Gasteiger partial charge >= 0.3 is 0 Å². The Hall–Kier alpha value is -1.84. The molecule has 0 unspecified atom stereocenters. The Morgan fingerprint density at radius 3 is 2.57 bits per heavy atom. The predicted octanol–water partition coefficient (Wildman–Crippen LogP) is 1.17. The first-order valence-corrected chi connectivity index (χ1v) is 4.16. The van der Waals surface area contributed by atoms with Gasteiger partial charge in [-0.3, -0.25) is 4.79 Å². The minimum Gasteiger partial charge on any atom is -0.497 e. The van der Waals surface area contributed by atoms with Crippen LogP contribution in [0.5, 0.6) is 5.75 Å². The van der Waals surface area contributed by atoms with E-state index in [4.69, 9.17) is 4.74 Å². The predicted molar refractivity (Wildman–Crippen MR) is 54.4 cm³/mol. The summed E-state index contributed by atoms with van der Waals surface area (Å²) in [5, 5.41) is 3.73. The molecule has 0 heterocycles. The topological polar surface area (TPSA) is 50.7 Å². The van der Waals surface area contributed by atoms with Crippen molar-refractivity contribution in [2.24, 2.45) is 5.10 Å². The number of nitrogens with one attached hydrogen (secondary N) is 1. The van der Waals surface area contributed by atoms with Gasteiger partial charge in [0.2, 0.25) is 5.91 Å². The molecule has 0 aromatic heterocycles. The Morgan fingerprint density at radius 1 is 1.43 bits per heavy atom. The third-order valence-corrected chi connectivity index (χ3v) is 1.55. The third-order valence-electron chi connectivity index (χ3n) is 1.55. The molecule has 0 saturated heterocycles. The molecule has 1 aromatic carbocycles. The molecule has 0 fully saturated rings. The van der Waals surface area contributed by atoms with Gasteiger partial charge in [0.05, 0.1) is 13.3 Å². The van der Waals surface area contributed by atoms with Crippen molar-refractivity contribution in [1.82, 2.24) is 5.43 Å². The molecule has 0 aliphatic heterocycles. The second-order valence-corrected chi connectivity index (χ2v) is 2.70. The molecule has 0 spiro atoms. The minimum atomic E-state index is -0.185. The summed E-state index contributed by atoms with van der Waals surface area (Å²) < 4.78 is 5.00. The van der Waals surface area contributed by atoms with Crippen LogP contribution in [0.15, 0.2) is 29.4 Å². The number of methoxy groups -OCH3 is 1. The molecule has 1 N–H and O–H groups in total. The average Bonchev–Trinajstić information content (AvgIpc) is 2.18. The van der Waals surface area contributed by atoms with Crippen LogP contribution in [-0.4, -0.2) is 19.2 Å². The lowest BCUT2D eigenvalue weighted by atomic mass is 10.2. The zero-order chi connectivity index (χ0) is 10.4. The number of carbonyl (C=O) groups is 1. The molecule has 14 heavy (non-hydrogen) atoms. The Morgan fingerprint density at radius 2 is 2.07 bits per heavy atom. The molecule has 4 nitrogen and oxygen atoms in total. The van der Waals surface area contributed by atoms with Crippen molar-refractivity contribution in [3.05, 3.63) is 29.8 Å². The van der Waals surface area contributed by atoms with E-state index in [0.717, 1.165) is 11.3 Å². The van der Waals surface area contributed by atoms with Crippen LogP contribution in [0.3, 0.4) is 0 Å². The van der Waals surface area contributed by atoms with Gasteiger partial charge < -0.3 is 4.74 Å². The first-order valence-electron chi connectivity index (χ1n) is 4.16. The SMILES string of the molecule is COc1ccc(C=NNC(C)=O)cc1. The fraction of sp³-hybridized carbons (Fsp3) is 0.200. The van der Waals surface area contributed by atoms with Crippen molar-refractivity contribution in [1.29, 1.82) is 0 Å². The van der Waals surface area contributed by atoms with Crippen molar-refractivity contribution in [2.75, 3.05) is 7.11 Å². The fourth-order valence-electron chi connectivity index (χ4n) is 0.888. The highest BCUT2D eigenvalue weighted by atomic mass is 16.5. The van der Waals surface area contributed by atoms with E-state index in [1.165, 1.54) is 6.92 Å². The molecule has 1 rings (SSSR count). The Labute approximate surface area is 82.6 Å². The molecule has 0 radical (unpaired) electrons. The number of hydrogen-bond acceptors (Lipinski definition) is 3. The maximum atomic E-state index is 10.5. The lowest BCUT2D eigenvalue weighted by Gasteiger charge is -1.98. The first-order chi connectivity index (χ1) is 6.72. The molecule has 1 aromatic rings. The molecular weight excluding hydrogens is 180 g/mol. The normalized spacial score (nSPS) is 10.1. The molecule has 0 bridgehead atoms. The van der Waals surface area contributed by atoms with Gasteiger partial charge in [0.1, 0.15) is 5.75 Å². The van der Waals surface area contributed by atoms with Crippen LogP contribution in [0.1, 0.15) is 12.5 Å². The average molecular weight is 192 g/mol. The smallest absolute Gasteiger partial charge is 0.236 e. The Bertz CT molecular complexity index is 330. The number of benzene rings is 1. The number of nitrogens with zero attached hydrogens (tertiary/aromatic N) is 1. The van der Waals surface area contributed by atoms with E-state index in [1.807, 2.05) is 24.3 Å². The van der Waals surface area contributed by atoms with Crippen LogP contribution in [0, 0.1) is 0 Å². The van der Waals surface area contributed by atoms with Gasteiger partial charge in [0, 0.05) is 6.92 Å². The summed E-state index contributed by atoms with van der Waals surface area (Å²) in [5.74, 6) is 0.608. The van der Waals surface area contributed by atoms with Crippen LogP contribution in [0.2, 0.25) is 0 Å². The largest absolute Gasteiger partial charge is 0.497 e. The maximum absolute atomic E-state index is 10.5. The maximum Gasteiger partial charge on any atom is 0.236 e. The van der Waals surface area contributed by atoms with E-state index in [2.05, 4.69) is 10.5 Å². The summed E-state index contributed by atoms with van der Waals surface area (Å²) in [6, 6.07) is 7.36. The van der Waals surface area contributed by atoms with Crippen molar-refractivity contribution < 1.29 is 9.53 Å². The third kappa shape index (κ3) is 3.26. The highest BCUT2D eigenvalue weighted by Gasteiger charge is 1.90. The minimum absolute atomic E-state index is 0.185. The summed E-state index contributed by atoms with van der Waals surface area (Å²) in [5.41, 5.74) is 3.22. The van der Waals surface area contributed by atoms with Crippen molar-refractivity contribution in [3.63, 3.8) is 0 Å². The molecule has 0 aliphatic rings. The summed E-state index contributed by atoms with van der Waals surface area (Å²) in [4.78, 5) is 10.5. The summed E-state index contributed by atoms with van der Waals surface area (Å²) in [6.07, 6.45) is 1.57. The standard InChI is InChI=1S/C10H12N2O2/c1-8(13)12-11-7-9-3-5-10(14-2)6-4-9/h3-7H,1-2H3,(H,12,13). The number of carbonyl (C=O) groups excluding carboxylic acids is 1. The van der Waals surface area contributed by atoms with Gasteiger partial charge in [-0.25, -0.2) is 5.43 Å². The lowest BCUT2D eigenvalue weighted by molar-refractivity contribution is -0.118. The van der Waals surface area contributed by atoms with E-state index < -0.39 is 0 Å². The van der Waals surface area contributed by atoms with Crippen molar-refractivity contribution in [3.8, 4) is 5.75 Å². The summed E-state index contributed by atoms with van der Waals surface area (Å²) in [6.45, 7) is 1.41. The molecule has 0 atom stereocenters. The van der Waals surface area contributed by atoms with Crippen LogP contribution in [0.4, 0.5) is 0 Å². The summed E-state index contributed by atoms with van der Waals surface area (Å²) >= 11 is 0. The number of hydrazone groups is 1.